The molecule has 1 atom stereocenters. The second kappa shape index (κ2) is 8.76. The largest absolute Gasteiger partial charge is 0.341 e. The third-order valence-electron chi connectivity index (χ3n) is 5.47. The van der Waals surface area contributed by atoms with Crippen LogP contribution in [0.15, 0.2) is 47.4 Å². The number of carbonyl (C=O) groups excluding carboxylic acids is 1. The number of hydrogen-bond donors (Lipinski definition) is 0. The minimum Gasteiger partial charge on any atom is -0.341 e. The van der Waals surface area contributed by atoms with Crippen molar-refractivity contribution < 1.29 is 13.2 Å². The van der Waals surface area contributed by atoms with Crippen molar-refractivity contribution in [1.29, 1.82) is 0 Å². The highest BCUT2D eigenvalue weighted by molar-refractivity contribution is 7.92. The molecule has 1 aliphatic heterocycles. The van der Waals surface area contributed by atoms with Crippen LogP contribution >= 0.6 is 11.6 Å². The number of nitrogens with zero attached hydrogens (tertiary/aromatic N) is 2. The Balaban J connectivity index is 1.98. The van der Waals surface area contributed by atoms with Gasteiger partial charge in [-0.05, 0) is 80.1 Å². The maximum absolute atomic E-state index is 13.4. The second-order valence-corrected chi connectivity index (χ2v) is 10.1. The quantitative estimate of drug-likeness (QED) is 0.700. The van der Waals surface area contributed by atoms with Crippen LogP contribution in [0.1, 0.15) is 30.9 Å². The van der Waals surface area contributed by atoms with E-state index in [2.05, 4.69) is 6.92 Å². The Morgan fingerprint density at radius 3 is 2.45 bits per heavy atom. The number of sulfonamides is 1. The minimum atomic E-state index is -3.92. The molecule has 3 rings (SSSR count). The molecule has 0 radical (unpaired) electrons. The molecule has 1 saturated heterocycles. The SMILES string of the molecule is Cc1ccc(N(CC(=O)N2CCCC(C)C2)S(=O)(=O)c2ccc(Cl)cc2)cc1C. The first kappa shape index (κ1) is 21.7. The molecule has 1 aliphatic rings. The number of hydrogen-bond acceptors (Lipinski definition) is 3. The van der Waals surface area contributed by atoms with Gasteiger partial charge in [0.05, 0.1) is 10.6 Å². The molecule has 1 heterocycles. The molecule has 2 aromatic carbocycles. The third-order valence-corrected chi connectivity index (χ3v) is 7.51. The monoisotopic (exact) mass is 434 g/mol. The van der Waals surface area contributed by atoms with E-state index in [0.717, 1.165) is 24.0 Å². The lowest BCUT2D eigenvalue weighted by molar-refractivity contribution is -0.131. The van der Waals surface area contributed by atoms with E-state index in [0.29, 0.717) is 29.7 Å². The van der Waals surface area contributed by atoms with Crippen molar-refractivity contribution in [2.24, 2.45) is 5.92 Å². The first-order valence-corrected chi connectivity index (χ1v) is 11.6. The summed E-state index contributed by atoms with van der Waals surface area (Å²) in [5, 5.41) is 0.458. The molecule has 1 fully saturated rings. The Bertz CT molecular complexity index is 990. The number of halogens is 1. The number of likely N-dealkylation sites (tertiary alicyclic amines) is 1. The van der Waals surface area contributed by atoms with E-state index in [4.69, 9.17) is 11.6 Å². The molecule has 1 unspecified atom stereocenters. The predicted molar refractivity (Wildman–Crippen MR) is 117 cm³/mol. The molecular weight excluding hydrogens is 408 g/mol. The fourth-order valence-corrected chi connectivity index (χ4v) is 5.10. The van der Waals surface area contributed by atoms with Gasteiger partial charge in [0, 0.05) is 18.1 Å². The summed E-state index contributed by atoms with van der Waals surface area (Å²) < 4.78 is 28.1. The minimum absolute atomic E-state index is 0.111. The summed E-state index contributed by atoms with van der Waals surface area (Å²) in [5.74, 6) is 0.253. The Hall–Kier alpha value is -2.05. The number of aryl methyl sites for hydroxylation is 2. The van der Waals surface area contributed by atoms with E-state index in [1.807, 2.05) is 26.0 Å². The Morgan fingerprint density at radius 2 is 1.83 bits per heavy atom. The average molecular weight is 435 g/mol. The van der Waals surface area contributed by atoms with Crippen LogP contribution in [0.3, 0.4) is 0 Å². The zero-order valence-corrected chi connectivity index (χ0v) is 18.6. The molecule has 0 saturated carbocycles. The van der Waals surface area contributed by atoms with Gasteiger partial charge >= 0.3 is 0 Å². The number of anilines is 1. The molecule has 0 N–H and O–H groups in total. The van der Waals surface area contributed by atoms with E-state index >= 15 is 0 Å². The molecule has 0 aromatic heterocycles. The lowest BCUT2D eigenvalue weighted by Gasteiger charge is -2.33. The van der Waals surface area contributed by atoms with Crippen LogP contribution in [-0.2, 0) is 14.8 Å². The Kier molecular flexibility index (Phi) is 6.54. The van der Waals surface area contributed by atoms with Crippen molar-refractivity contribution in [3.63, 3.8) is 0 Å². The van der Waals surface area contributed by atoms with Crippen molar-refractivity contribution in [2.45, 2.75) is 38.5 Å². The van der Waals surface area contributed by atoms with Crippen LogP contribution in [0.25, 0.3) is 0 Å². The highest BCUT2D eigenvalue weighted by atomic mass is 35.5. The average Bonchev–Trinajstić information content (AvgIpc) is 2.68. The van der Waals surface area contributed by atoms with Crippen molar-refractivity contribution in [3.8, 4) is 0 Å². The second-order valence-electron chi connectivity index (χ2n) is 7.82. The first-order chi connectivity index (χ1) is 13.7. The molecule has 29 heavy (non-hydrogen) atoms. The van der Waals surface area contributed by atoms with Gasteiger partial charge in [-0.1, -0.05) is 24.6 Å². The molecule has 0 bridgehead atoms. The van der Waals surface area contributed by atoms with E-state index in [9.17, 15) is 13.2 Å². The fourth-order valence-electron chi connectivity index (χ4n) is 3.57. The number of carbonyl (C=O) groups is 1. The summed E-state index contributed by atoms with van der Waals surface area (Å²) in [5.41, 5.74) is 2.52. The van der Waals surface area contributed by atoms with Gasteiger partial charge in [-0.2, -0.15) is 0 Å². The lowest BCUT2D eigenvalue weighted by Crippen LogP contribution is -2.46. The van der Waals surface area contributed by atoms with Crippen LogP contribution in [0.5, 0.6) is 0 Å². The molecular formula is C22H27ClN2O3S. The molecule has 0 spiro atoms. The van der Waals surface area contributed by atoms with Crippen LogP contribution in [0.4, 0.5) is 5.69 Å². The molecule has 0 aliphatic carbocycles. The van der Waals surface area contributed by atoms with Crippen molar-refractivity contribution in [3.05, 3.63) is 58.6 Å². The fraction of sp³-hybridized carbons (Fsp3) is 0.409. The van der Waals surface area contributed by atoms with Gasteiger partial charge in [-0.15, -0.1) is 0 Å². The topological polar surface area (TPSA) is 57.7 Å². The van der Waals surface area contributed by atoms with Crippen molar-refractivity contribution in [1.82, 2.24) is 4.90 Å². The van der Waals surface area contributed by atoms with Crippen LogP contribution in [0, 0.1) is 19.8 Å². The number of benzene rings is 2. The Labute approximate surface area is 178 Å². The third kappa shape index (κ3) is 4.93. The zero-order chi connectivity index (χ0) is 21.2. The highest BCUT2D eigenvalue weighted by Gasteiger charge is 2.30. The normalized spacial score (nSPS) is 17.2. The summed E-state index contributed by atoms with van der Waals surface area (Å²) >= 11 is 5.93. The van der Waals surface area contributed by atoms with Gasteiger partial charge in [0.15, 0.2) is 0 Å². The lowest BCUT2D eigenvalue weighted by atomic mass is 10.0. The van der Waals surface area contributed by atoms with E-state index in [1.165, 1.54) is 16.4 Å². The molecule has 2 aromatic rings. The summed E-state index contributed by atoms with van der Waals surface area (Å²) in [6.45, 7) is 7.13. The zero-order valence-electron chi connectivity index (χ0n) is 17.1. The van der Waals surface area contributed by atoms with Gasteiger partial charge in [0.25, 0.3) is 10.0 Å². The van der Waals surface area contributed by atoms with E-state index < -0.39 is 10.0 Å². The summed E-state index contributed by atoms with van der Waals surface area (Å²) in [6.07, 6.45) is 2.04. The van der Waals surface area contributed by atoms with Crippen LogP contribution in [-0.4, -0.2) is 38.9 Å². The smallest absolute Gasteiger partial charge is 0.264 e. The summed E-state index contributed by atoms with van der Waals surface area (Å²) in [4.78, 5) is 14.9. The predicted octanol–water partition coefficient (Wildman–Crippen LogP) is 4.41. The molecule has 156 valence electrons. The van der Waals surface area contributed by atoms with Gasteiger partial charge in [-0.3, -0.25) is 9.10 Å². The maximum Gasteiger partial charge on any atom is 0.264 e. The number of rotatable bonds is 5. The first-order valence-electron chi connectivity index (χ1n) is 9.82. The summed E-state index contributed by atoms with van der Waals surface area (Å²) in [6, 6.07) is 11.5. The molecule has 1 amide bonds. The standard InChI is InChI=1S/C22H27ClN2O3S/c1-16-5-4-12-24(14-16)22(26)15-25(20-9-6-17(2)18(3)13-20)29(27,28)21-10-7-19(23)8-11-21/h6-11,13,16H,4-5,12,14-15H2,1-3H3. The molecule has 7 heteroatoms. The van der Waals surface area contributed by atoms with Gasteiger partial charge in [0.1, 0.15) is 6.54 Å². The maximum atomic E-state index is 13.4. The van der Waals surface area contributed by atoms with E-state index in [-0.39, 0.29) is 17.3 Å². The van der Waals surface area contributed by atoms with Gasteiger partial charge in [-0.25, -0.2) is 8.42 Å². The van der Waals surface area contributed by atoms with Crippen LogP contribution in [0.2, 0.25) is 5.02 Å². The highest BCUT2D eigenvalue weighted by Crippen LogP contribution is 2.27. The summed E-state index contributed by atoms with van der Waals surface area (Å²) in [7, 11) is -3.92. The van der Waals surface area contributed by atoms with Gasteiger partial charge in [0.2, 0.25) is 5.91 Å². The number of amides is 1. The van der Waals surface area contributed by atoms with Crippen molar-refractivity contribution >= 4 is 33.2 Å². The van der Waals surface area contributed by atoms with Gasteiger partial charge < -0.3 is 4.90 Å². The van der Waals surface area contributed by atoms with E-state index in [1.54, 1.807) is 23.1 Å². The van der Waals surface area contributed by atoms with Crippen LogP contribution < -0.4 is 4.31 Å². The Morgan fingerprint density at radius 1 is 1.14 bits per heavy atom. The number of piperidine rings is 1. The van der Waals surface area contributed by atoms with Crippen molar-refractivity contribution in [2.75, 3.05) is 23.9 Å². The molecule has 5 nitrogen and oxygen atoms in total.